The lowest BCUT2D eigenvalue weighted by Gasteiger charge is -2.32. The molecule has 2 aliphatic heterocycles. The summed E-state index contributed by atoms with van der Waals surface area (Å²) in [5, 5.41) is 11.1. The van der Waals surface area contributed by atoms with Gasteiger partial charge in [-0.25, -0.2) is 0 Å². The van der Waals surface area contributed by atoms with E-state index in [1.807, 2.05) is 0 Å². The Labute approximate surface area is 173 Å². The first-order valence-electron chi connectivity index (χ1n) is 11.5. The van der Waals surface area contributed by atoms with E-state index in [9.17, 15) is 4.79 Å². The van der Waals surface area contributed by atoms with Gasteiger partial charge in [0, 0.05) is 31.6 Å². The van der Waals surface area contributed by atoms with Crippen molar-refractivity contribution in [3.8, 4) is 0 Å². The molecular weight excluding hydrogens is 368 g/mol. The predicted octanol–water partition coefficient (Wildman–Crippen LogP) is 2.11. The Bertz CT molecular complexity index is 638. The van der Waals surface area contributed by atoms with Crippen molar-refractivity contribution >= 4 is 5.91 Å². The Kier molecular flexibility index (Phi) is 7.57. The third kappa shape index (κ3) is 6.27. The van der Waals surface area contributed by atoms with Gasteiger partial charge in [-0.05, 0) is 50.6 Å². The van der Waals surface area contributed by atoms with E-state index in [2.05, 4.69) is 26.8 Å². The molecule has 4 rings (SSSR count). The number of nitrogens with zero attached hydrogens (tertiary/aromatic N) is 2. The average molecular weight is 405 g/mol. The van der Waals surface area contributed by atoms with Crippen molar-refractivity contribution in [2.45, 2.75) is 64.0 Å². The summed E-state index contributed by atoms with van der Waals surface area (Å²) in [6.07, 6.45) is 8.68. The van der Waals surface area contributed by atoms with Gasteiger partial charge < -0.3 is 19.9 Å². The Morgan fingerprint density at radius 3 is 2.83 bits per heavy atom. The highest BCUT2D eigenvalue weighted by molar-refractivity contribution is 5.76. The Hall–Kier alpha value is -1.44. The van der Waals surface area contributed by atoms with Crippen LogP contribution in [0.5, 0.6) is 0 Å². The Morgan fingerprint density at radius 2 is 2.00 bits per heavy atom. The average Bonchev–Trinajstić information content (AvgIpc) is 3.18. The van der Waals surface area contributed by atoms with Crippen molar-refractivity contribution in [3.63, 3.8) is 0 Å². The van der Waals surface area contributed by atoms with Crippen LogP contribution in [0.3, 0.4) is 0 Å². The van der Waals surface area contributed by atoms with E-state index in [4.69, 9.17) is 9.26 Å². The monoisotopic (exact) mass is 404 g/mol. The molecule has 2 atom stereocenters. The number of hydrogen-bond acceptors (Lipinski definition) is 6. The second-order valence-corrected chi connectivity index (χ2v) is 9.00. The first kappa shape index (κ1) is 20.8. The van der Waals surface area contributed by atoms with Crippen LogP contribution < -0.4 is 10.6 Å². The molecule has 7 heteroatoms. The predicted molar refractivity (Wildman–Crippen MR) is 110 cm³/mol. The summed E-state index contributed by atoms with van der Waals surface area (Å²) in [5.74, 6) is 2.01. The van der Waals surface area contributed by atoms with Gasteiger partial charge in [-0.3, -0.25) is 9.69 Å². The van der Waals surface area contributed by atoms with Gasteiger partial charge in [0.1, 0.15) is 0 Å². The number of morpholine rings is 1. The highest BCUT2D eigenvalue weighted by atomic mass is 16.5. The van der Waals surface area contributed by atoms with E-state index < -0.39 is 0 Å². The third-order valence-electron chi connectivity index (χ3n) is 6.75. The number of carbonyl (C=O) groups is 1. The number of carbonyl (C=O) groups excluding carboxylic acids is 1. The summed E-state index contributed by atoms with van der Waals surface area (Å²) in [5.41, 5.74) is 1.01. The summed E-state index contributed by atoms with van der Waals surface area (Å²) in [6, 6.07) is 2.50. The topological polar surface area (TPSA) is 79.6 Å². The van der Waals surface area contributed by atoms with Gasteiger partial charge in [0.05, 0.1) is 25.5 Å². The van der Waals surface area contributed by atoms with Crippen molar-refractivity contribution in [2.75, 3.05) is 39.4 Å². The van der Waals surface area contributed by atoms with Gasteiger partial charge in [0.25, 0.3) is 0 Å². The smallest absolute Gasteiger partial charge is 0.220 e. The molecule has 1 aliphatic carbocycles. The third-order valence-corrected chi connectivity index (χ3v) is 6.75. The van der Waals surface area contributed by atoms with Crippen LogP contribution in [0.15, 0.2) is 10.6 Å². The molecule has 162 valence electrons. The molecule has 0 radical (unpaired) electrons. The van der Waals surface area contributed by atoms with Gasteiger partial charge in [-0.15, -0.1) is 0 Å². The molecule has 1 saturated carbocycles. The molecule has 0 unspecified atom stereocenters. The van der Waals surface area contributed by atoms with Crippen molar-refractivity contribution < 1.29 is 14.1 Å². The fourth-order valence-corrected chi connectivity index (χ4v) is 5.03. The maximum absolute atomic E-state index is 12.6. The van der Waals surface area contributed by atoms with E-state index in [0.717, 1.165) is 83.1 Å². The lowest BCUT2D eigenvalue weighted by Crippen LogP contribution is -2.42. The van der Waals surface area contributed by atoms with Gasteiger partial charge in [0.15, 0.2) is 5.76 Å². The molecule has 7 nitrogen and oxygen atoms in total. The van der Waals surface area contributed by atoms with Crippen LogP contribution in [-0.4, -0.2) is 61.4 Å². The Balaban J connectivity index is 1.27. The van der Waals surface area contributed by atoms with Gasteiger partial charge in [-0.1, -0.05) is 24.4 Å². The molecule has 1 aromatic rings. The summed E-state index contributed by atoms with van der Waals surface area (Å²) in [7, 11) is 0. The van der Waals surface area contributed by atoms with Crippen LogP contribution >= 0.6 is 0 Å². The number of rotatable bonds is 7. The van der Waals surface area contributed by atoms with Crippen molar-refractivity contribution in [1.82, 2.24) is 20.7 Å². The van der Waals surface area contributed by atoms with Gasteiger partial charge in [-0.2, -0.15) is 0 Å². The van der Waals surface area contributed by atoms with Gasteiger partial charge in [0.2, 0.25) is 5.91 Å². The highest BCUT2D eigenvalue weighted by Gasteiger charge is 2.29. The van der Waals surface area contributed by atoms with Crippen LogP contribution in [0.2, 0.25) is 0 Å². The molecule has 3 aliphatic rings. The number of piperidine rings is 1. The first-order chi connectivity index (χ1) is 14.3. The van der Waals surface area contributed by atoms with Crippen molar-refractivity contribution in [1.29, 1.82) is 0 Å². The summed E-state index contributed by atoms with van der Waals surface area (Å²) in [6.45, 7) is 6.22. The Morgan fingerprint density at radius 1 is 1.17 bits per heavy atom. The SMILES string of the molecule is O=C(C[C@@H]1CCNC[C@@H]1Cc1cc(CN2CCOCC2)on1)NC1CCCCC1. The van der Waals surface area contributed by atoms with Crippen LogP contribution in [0.4, 0.5) is 0 Å². The standard InChI is InChI=1S/C22H36N4O3/c27-22(24-19-4-2-1-3-5-19)13-17-6-7-23-15-18(17)12-20-14-21(29-25-20)16-26-8-10-28-11-9-26/h14,17-19,23H,1-13,15-16H2,(H,24,27)/t17-,18-/m0/s1. The van der Waals surface area contributed by atoms with E-state index in [1.54, 1.807) is 0 Å². The molecular formula is C22H36N4O3. The minimum atomic E-state index is 0.238. The largest absolute Gasteiger partial charge is 0.379 e. The zero-order valence-electron chi connectivity index (χ0n) is 17.5. The number of ether oxygens (including phenoxy) is 1. The summed E-state index contributed by atoms with van der Waals surface area (Å²) < 4.78 is 11.0. The molecule has 2 saturated heterocycles. The lowest BCUT2D eigenvalue weighted by atomic mass is 9.81. The van der Waals surface area contributed by atoms with E-state index >= 15 is 0 Å². The normalized spacial score (nSPS) is 27.0. The van der Waals surface area contributed by atoms with Crippen LogP contribution in [0.25, 0.3) is 0 Å². The van der Waals surface area contributed by atoms with E-state index in [-0.39, 0.29) is 5.91 Å². The second-order valence-electron chi connectivity index (χ2n) is 9.00. The fraction of sp³-hybridized carbons (Fsp3) is 0.818. The molecule has 0 bridgehead atoms. The molecule has 0 aromatic carbocycles. The van der Waals surface area contributed by atoms with E-state index in [1.165, 1.54) is 19.3 Å². The highest BCUT2D eigenvalue weighted by Crippen LogP contribution is 2.27. The molecule has 2 N–H and O–H groups in total. The zero-order chi connectivity index (χ0) is 19.9. The molecule has 3 heterocycles. The molecule has 0 spiro atoms. The minimum Gasteiger partial charge on any atom is -0.379 e. The van der Waals surface area contributed by atoms with Gasteiger partial charge >= 0.3 is 0 Å². The van der Waals surface area contributed by atoms with Crippen LogP contribution in [-0.2, 0) is 22.5 Å². The number of hydrogen-bond donors (Lipinski definition) is 2. The lowest BCUT2D eigenvalue weighted by molar-refractivity contribution is -0.123. The fourth-order valence-electron chi connectivity index (χ4n) is 5.03. The van der Waals surface area contributed by atoms with Crippen LogP contribution in [0, 0.1) is 11.8 Å². The van der Waals surface area contributed by atoms with Crippen molar-refractivity contribution in [3.05, 3.63) is 17.5 Å². The summed E-state index contributed by atoms with van der Waals surface area (Å²) in [4.78, 5) is 15.0. The van der Waals surface area contributed by atoms with Crippen LogP contribution in [0.1, 0.15) is 56.4 Å². The number of nitrogens with one attached hydrogen (secondary N) is 2. The van der Waals surface area contributed by atoms with E-state index in [0.29, 0.717) is 24.3 Å². The quantitative estimate of drug-likeness (QED) is 0.725. The summed E-state index contributed by atoms with van der Waals surface area (Å²) >= 11 is 0. The number of amides is 1. The molecule has 1 amide bonds. The second kappa shape index (κ2) is 10.5. The number of aromatic nitrogens is 1. The maximum Gasteiger partial charge on any atom is 0.220 e. The zero-order valence-corrected chi connectivity index (χ0v) is 17.5. The molecule has 1 aromatic heterocycles. The molecule has 3 fully saturated rings. The van der Waals surface area contributed by atoms with Crippen molar-refractivity contribution in [2.24, 2.45) is 11.8 Å². The minimum absolute atomic E-state index is 0.238. The maximum atomic E-state index is 12.6. The first-order valence-corrected chi connectivity index (χ1v) is 11.5. The molecule has 29 heavy (non-hydrogen) atoms.